The summed E-state index contributed by atoms with van der Waals surface area (Å²) in [4.78, 5) is 17.5. The van der Waals surface area contributed by atoms with Crippen LogP contribution < -0.4 is 4.74 Å². The molecule has 0 aliphatic carbocycles. The predicted molar refractivity (Wildman–Crippen MR) is 103 cm³/mol. The lowest BCUT2D eigenvalue weighted by Crippen LogP contribution is -2.19. The molecule has 0 amide bonds. The highest BCUT2D eigenvalue weighted by Crippen LogP contribution is 2.34. The molecule has 1 aromatic carbocycles. The van der Waals surface area contributed by atoms with Crippen LogP contribution in [0.4, 0.5) is 0 Å². The zero-order valence-electron chi connectivity index (χ0n) is 16.4. The monoisotopic (exact) mass is 348 g/mol. The minimum Gasteiger partial charge on any atom is -0.481 e. The van der Waals surface area contributed by atoms with Crippen molar-refractivity contribution in [1.29, 1.82) is 0 Å². The molecular weight excluding hydrogens is 316 g/mol. The third kappa shape index (κ3) is 7.26. The Bertz CT molecular complexity index is 566. The van der Waals surface area contributed by atoms with Gasteiger partial charge in [0.2, 0.25) is 0 Å². The number of carboxylic acids is 1. The highest BCUT2D eigenvalue weighted by atomic mass is 16.5. The molecule has 0 aliphatic rings. The van der Waals surface area contributed by atoms with Gasteiger partial charge >= 0.3 is 5.97 Å². The molecule has 140 valence electrons. The minimum atomic E-state index is -0.842. The first-order valence-electron chi connectivity index (χ1n) is 8.92. The van der Waals surface area contributed by atoms with Gasteiger partial charge in [0.1, 0.15) is 5.75 Å². The summed E-state index contributed by atoms with van der Waals surface area (Å²) in [6.45, 7) is 9.91. The van der Waals surface area contributed by atoms with Gasteiger partial charge in [0.25, 0.3) is 0 Å². The zero-order valence-corrected chi connectivity index (χ0v) is 16.4. The summed E-state index contributed by atoms with van der Waals surface area (Å²) in [5.74, 6) is 1.12. The summed E-state index contributed by atoms with van der Waals surface area (Å²) in [6, 6.07) is 6.19. The van der Waals surface area contributed by atoms with Crippen LogP contribution in [0.5, 0.6) is 5.75 Å². The lowest BCUT2D eigenvalue weighted by molar-refractivity contribution is -0.136. The Labute approximate surface area is 151 Å². The molecule has 5 nitrogen and oxygen atoms in total. The van der Waals surface area contributed by atoms with Gasteiger partial charge in [0.05, 0.1) is 13.0 Å². The Kier molecular flexibility index (Phi) is 8.62. The van der Waals surface area contributed by atoms with Crippen molar-refractivity contribution in [2.24, 2.45) is 4.99 Å². The summed E-state index contributed by atoms with van der Waals surface area (Å²) in [5, 5.41) is 9.01. The average Bonchev–Trinajstić information content (AvgIpc) is 2.51. The van der Waals surface area contributed by atoms with E-state index in [0.717, 1.165) is 23.4 Å². The van der Waals surface area contributed by atoms with Gasteiger partial charge in [-0.2, -0.15) is 0 Å². The van der Waals surface area contributed by atoms with Crippen LogP contribution >= 0.6 is 0 Å². The van der Waals surface area contributed by atoms with Crippen LogP contribution in [0.1, 0.15) is 63.5 Å². The number of para-hydroxylation sites is 1. The van der Waals surface area contributed by atoms with Crippen LogP contribution in [0.25, 0.3) is 0 Å². The molecule has 0 saturated heterocycles. The second-order valence-electron chi connectivity index (χ2n) is 7.15. The lowest BCUT2D eigenvalue weighted by atomic mass is 9.94. The first-order valence-corrected chi connectivity index (χ1v) is 8.92. The Morgan fingerprint density at radius 2 is 1.68 bits per heavy atom. The number of likely N-dealkylation sites (N-methyl/N-ethyl adjacent to an activating group) is 1. The third-order valence-electron chi connectivity index (χ3n) is 3.93. The van der Waals surface area contributed by atoms with Gasteiger partial charge in [-0.3, -0.25) is 9.79 Å². The maximum atomic E-state index is 11.0. The van der Waals surface area contributed by atoms with Crippen molar-refractivity contribution in [3.05, 3.63) is 29.3 Å². The second kappa shape index (κ2) is 10.2. The number of ether oxygens (including phenoxy) is 1. The Morgan fingerprint density at radius 1 is 1.12 bits per heavy atom. The number of rotatable bonds is 9. The maximum Gasteiger partial charge on any atom is 0.303 e. The Morgan fingerprint density at radius 3 is 2.12 bits per heavy atom. The van der Waals surface area contributed by atoms with Gasteiger partial charge in [0, 0.05) is 13.0 Å². The summed E-state index contributed by atoms with van der Waals surface area (Å²) >= 11 is 0. The van der Waals surface area contributed by atoms with Gasteiger partial charge in [0.15, 0.2) is 5.90 Å². The van der Waals surface area contributed by atoms with E-state index in [2.05, 4.69) is 50.9 Å². The third-order valence-corrected chi connectivity index (χ3v) is 3.93. The van der Waals surface area contributed by atoms with E-state index in [1.54, 1.807) is 0 Å². The SMILES string of the molecule is CC(C)c1cccc(C(C)C)c1OC(CCC(=O)O)=NCCN(C)C. The number of hydrogen-bond acceptors (Lipinski definition) is 4. The van der Waals surface area contributed by atoms with Gasteiger partial charge in [-0.1, -0.05) is 45.9 Å². The van der Waals surface area contributed by atoms with Crippen LogP contribution in [0.3, 0.4) is 0 Å². The number of aliphatic carboxylic acids is 1. The molecular formula is C20H32N2O3. The molecule has 0 saturated carbocycles. The molecule has 0 radical (unpaired) electrons. The number of nitrogens with zero attached hydrogens (tertiary/aromatic N) is 2. The van der Waals surface area contributed by atoms with Crippen molar-refractivity contribution in [2.45, 2.75) is 52.4 Å². The molecule has 0 fully saturated rings. The predicted octanol–water partition coefficient (Wildman–Crippen LogP) is 4.14. The van der Waals surface area contributed by atoms with Gasteiger partial charge in [-0.05, 0) is 37.1 Å². The molecule has 0 spiro atoms. The van der Waals surface area contributed by atoms with Crippen molar-refractivity contribution < 1.29 is 14.6 Å². The second-order valence-corrected chi connectivity index (χ2v) is 7.15. The van der Waals surface area contributed by atoms with Crippen LogP contribution in [-0.4, -0.2) is 49.1 Å². The molecule has 1 aromatic rings. The highest BCUT2D eigenvalue weighted by molar-refractivity contribution is 5.83. The minimum absolute atomic E-state index is 0.0155. The molecule has 0 atom stereocenters. The molecule has 0 aromatic heterocycles. The van der Waals surface area contributed by atoms with E-state index >= 15 is 0 Å². The molecule has 5 heteroatoms. The number of benzene rings is 1. The zero-order chi connectivity index (χ0) is 19.0. The number of hydrogen-bond donors (Lipinski definition) is 1. The highest BCUT2D eigenvalue weighted by Gasteiger charge is 2.17. The fourth-order valence-electron chi connectivity index (χ4n) is 2.47. The standard InChI is InChI=1S/C20H32N2O3/c1-14(2)16-8-7-9-17(15(3)4)20(16)25-18(10-11-19(23)24)21-12-13-22(5)6/h7-9,14-15H,10-13H2,1-6H3,(H,23,24). The van der Waals surface area contributed by atoms with Crippen molar-refractivity contribution in [3.63, 3.8) is 0 Å². The molecule has 0 heterocycles. The molecule has 0 unspecified atom stereocenters. The number of aliphatic imine (C=N–C) groups is 1. The smallest absolute Gasteiger partial charge is 0.303 e. The molecule has 0 aliphatic heterocycles. The average molecular weight is 348 g/mol. The van der Waals surface area contributed by atoms with Crippen molar-refractivity contribution in [3.8, 4) is 5.75 Å². The van der Waals surface area contributed by atoms with Crippen LogP contribution in [0.15, 0.2) is 23.2 Å². The van der Waals surface area contributed by atoms with Crippen molar-refractivity contribution in [1.82, 2.24) is 4.90 Å². The van der Waals surface area contributed by atoms with Gasteiger partial charge < -0.3 is 14.7 Å². The van der Waals surface area contributed by atoms with Crippen molar-refractivity contribution in [2.75, 3.05) is 27.2 Å². The summed E-state index contributed by atoms with van der Waals surface area (Å²) in [6.07, 6.45) is 0.314. The first-order chi connectivity index (χ1) is 11.7. The van der Waals surface area contributed by atoms with Gasteiger partial charge in [-0.15, -0.1) is 0 Å². The summed E-state index contributed by atoms with van der Waals surface area (Å²) in [7, 11) is 3.97. The van der Waals surface area contributed by atoms with Crippen molar-refractivity contribution >= 4 is 11.9 Å². The fourth-order valence-corrected chi connectivity index (χ4v) is 2.47. The van der Waals surface area contributed by atoms with Crippen LogP contribution in [0, 0.1) is 0 Å². The largest absolute Gasteiger partial charge is 0.481 e. The van der Waals surface area contributed by atoms with E-state index in [4.69, 9.17) is 9.84 Å². The topological polar surface area (TPSA) is 62.1 Å². The van der Waals surface area contributed by atoms with E-state index in [1.807, 2.05) is 19.0 Å². The quantitative estimate of drug-likeness (QED) is 0.538. The molecule has 0 bridgehead atoms. The van der Waals surface area contributed by atoms with Crippen LogP contribution in [-0.2, 0) is 4.79 Å². The van der Waals surface area contributed by atoms with Crippen LogP contribution in [0.2, 0.25) is 0 Å². The number of carboxylic acid groups (broad SMARTS) is 1. The maximum absolute atomic E-state index is 11.0. The lowest BCUT2D eigenvalue weighted by Gasteiger charge is -2.20. The molecule has 1 rings (SSSR count). The Hall–Kier alpha value is -1.88. The molecule has 1 N–H and O–H groups in total. The fraction of sp³-hybridized carbons (Fsp3) is 0.600. The first kappa shape index (κ1) is 21.2. The Balaban J connectivity index is 3.14. The van der Waals surface area contributed by atoms with E-state index in [9.17, 15) is 4.79 Å². The summed E-state index contributed by atoms with van der Waals surface area (Å²) < 4.78 is 6.20. The van der Waals surface area contributed by atoms with E-state index in [1.165, 1.54) is 0 Å². The van der Waals surface area contributed by atoms with E-state index in [-0.39, 0.29) is 6.42 Å². The summed E-state index contributed by atoms with van der Waals surface area (Å²) in [5.41, 5.74) is 2.25. The van der Waals surface area contributed by atoms with E-state index in [0.29, 0.717) is 30.7 Å². The number of carbonyl (C=O) groups is 1. The van der Waals surface area contributed by atoms with Gasteiger partial charge in [-0.25, -0.2) is 0 Å². The normalized spacial score (nSPS) is 12.3. The molecule has 25 heavy (non-hydrogen) atoms. The van der Waals surface area contributed by atoms with E-state index < -0.39 is 5.97 Å².